The molecule has 0 radical (unpaired) electrons. The van der Waals surface area contributed by atoms with Crippen molar-refractivity contribution in [1.29, 1.82) is 0 Å². The maximum Gasteiger partial charge on any atom is 0.219 e. The molecule has 1 fully saturated rings. The Morgan fingerprint density at radius 1 is 1.35 bits per heavy atom. The highest BCUT2D eigenvalue weighted by Crippen LogP contribution is 2.19. The predicted molar refractivity (Wildman–Crippen MR) is 65.7 cm³/mol. The number of hydrogen-bond donors (Lipinski definition) is 0. The van der Waals surface area contributed by atoms with E-state index in [0.717, 1.165) is 0 Å². The van der Waals surface area contributed by atoms with Gasteiger partial charge in [-0.3, -0.25) is 14.6 Å². The molecule has 0 aliphatic carbocycles. The number of rotatable bonds is 2. The standard InChI is InChI=1S/C11H12N2O2.C2H6/c1-8(14)13-6-10(7-13)11(15)9-3-2-4-12-5-9;1-2/h2-5,10H,6-7H2,1H3;1-2H3. The second-order valence-corrected chi connectivity index (χ2v) is 3.73. The molecule has 0 N–H and O–H groups in total. The Bertz CT molecular complexity index is 384. The van der Waals surface area contributed by atoms with Crippen LogP contribution >= 0.6 is 0 Å². The third-order valence-corrected chi connectivity index (χ3v) is 2.64. The highest BCUT2D eigenvalue weighted by molar-refractivity contribution is 5.99. The average Bonchev–Trinajstić information content (AvgIpc) is 2.30. The van der Waals surface area contributed by atoms with Crippen LogP contribution < -0.4 is 0 Å². The van der Waals surface area contributed by atoms with Gasteiger partial charge in [0.1, 0.15) is 0 Å². The van der Waals surface area contributed by atoms with E-state index in [4.69, 9.17) is 0 Å². The highest BCUT2D eigenvalue weighted by atomic mass is 16.2. The van der Waals surface area contributed by atoms with E-state index in [0.29, 0.717) is 18.7 Å². The summed E-state index contributed by atoms with van der Waals surface area (Å²) >= 11 is 0. The molecule has 0 spiro atoms. The van der Waals surface area contributed by atoms with E-state index in [-0.39, 0.29) is 17.6 Å². The van der Waals surface area contributed by atoms with Gasteiger partial charge in [-0.2, -0.15) is 0 Å². The third kappa shape index (κ3) is 3.12. The number of amides is 1. The summed E-state index contributed by atoms with van der Waals surface area (Å²) in [4.78, 5) is 28.3. The SMILES string of the molecule is CC.CC(=O)N1CC(C(=O)c2cccnc2)C1. The number of Topliss-reactive ketones (excluding diaryl/α,β-unsaturated/α-hetero) is 1. The first-order valence-corrected chi connectivity index (χ1v) is 5.88. The van der Waals surface area contributed by atoms with Crippen molar-refractivity contribution in [2.45, 2.75) is 20.8 Å². The smallest absolute Gasteiger partial charge is 0.219 e. The van der Waals surface area contributed by atoms with Gasteiger partial charge >= 0.3 is 0 Å². The van der Waals surface area contributed by atoms with Crippen molar-refractivity contribution in [3.05, 3.63) is 30.1 Å². The fourth-order valence-corrected chi connectivity index (χ4v) is 1.65. The zero-order chi connectivity index (χ0) is 12.8. The number of likely N-dealkylation sites (tertiary alicyclic amines) is 1. The molecule has 92 valence electrons. The van der Waals surface area contributed by atoms with Gasteiger partial charge in [-0.15, -0.1) is 0 Å². The van der Waals surface area contributed by atoms with Gasteiger partial charge in [0.25, 0.3) is 0 Å². The summed E-state index contributed by atoms with van der Waals surface area (Å²) in [6, 6.07) is 3.50. The Kier molecular flexibility index (Phi) is 4.82. The van der Waals surface area contributed by atoms with Gasteiger partial charge in [-0.1, -0.05) is 13.8 Å². The van der Waals surface area contributed by atoms with Gasteiger partial charge in [-0.25, -0.2) is 0 Å². The zero-order valence-electron chi connectivity index (χ0n) is 10.5. The molecule has 0 bridgehead atoms. The summed E-state index contributed by atoms with van der Waals surface area (Å²) in [5, 5.41) is 0. The van der Waals surface area contributed by atoms with Crippen LogP contribution in [0, 0.1) is 5.92 Å². The Morgan fingerprint density at radius 3 is 2.47 bits per heavy atom. The fourth-order valence-electron chi connectivity index (χ4n) is 1.65. The fraction of sp³-hybridized carbons (Fsp3) is 0.462. The van der Waals surface area contributed by atoms with Crippen LogP contribution in [0.4, 0.5) is 0 Å². The van der Waals surface area contributed by atoms with Crippen LogP contribution in [-0.4, -0.2) is 34.7 Å². The maximum absolute atomic E-state index is 11.8. The van der Waals surface area contributed by atoms with Crippen molar-refractivity contribution >= 4 is 11.7 Å². The topological polar surface area (TPSA) is 50.3 Å². The van der Waals surface area contributed by atoms with Crippen molar-refractivity contribution in [2.24, 2.45) is 5.92 Å². The Labute approximate surface area is 102 Å². The molecule has 0 unspecified atom stereocenters. The quantitative estimate of drug-likeness (QED) is 0.733. The minimum absolute atomic E-state index is 0.0326. The molecule has 1 aliphatic rings. The molecule has 4 nitrogen and oxygen atoms in total. The van der Waals surface area contributed by atoms with Crippen LogP contribution in [0.1, 0.15) is 31.1 Å². The summed E-state index contributed by atoms with van der Waals surface area (Å²) in [5.74, 6) is 0.0731. The Balaban J connectivity index is 0.000000686. The van der Waals surface area contributed by atoms with E-state index in [2.05, 4.69) is 4.98 Å². The summed E-state index contributed by atoms with van der Waals surface area (Å²) in [6.07, 6.45) is 3.21. The lowest BCUT2D eigenvalue weighted by Crippen LogP contribution is -2.52. The van der Waals surface area contributed by atoms with Crippen LogP contribution in [0.3, 0.4) is 0 Å². The van der Waals surface area contributed by atoms with E-state index >= 15 is 0 Å². The number of carbonyl (C=O) groups is 2. The van der Waals surface area contributed by atoms with Crippen LogP contribution in [0.5, 0.6) is 0 Å². The number of nitrogens with zero attached hydrogens (tertiary/aromatic N) is 2. The van der Waals surface area contributed by atoms with Crippen molar-refractivity contribution in [2.75, 3.05) is 13.1 Å². The molecule has 1 saturated heterocycles. The molecule has 4 heteroatoms. The minimum Gasteiger partial charge on any atom is -0.341 e. The first kappa shape index (κ1) is 13.4. The first-order valence-electron chi connectivity index (χ1n) is 5.88. The second kappa shape index (κ2) is 6.13. The van der Waals surface area contributed by atoms with Crippen LogP contribution in [0.2, 0.25) is 0 Å². The molecule has 1 amide bonds. The number of hydrogen-bond acceptors (Lipinski definition) is 3. The lowest BCUT2D eigenvalue weighted by atomic mass is 9.91. The molecule has 1 aliphatic heterocycles. The maximum atomic E-state index is 11.8. The van der Waals surface area contributed by atoms with Gasteiger partial charge in [0.05, 0.1) is 5.92 Å². The van der Waals surface area contributed by atoms with Crippen molar-refractivity contribution in [1.82, 2.24) is 9.88 Å². The van der Waals surface area contributed by atoms with Crippen LogP contribution in [0.25, 0.3) is 0 Å². The number of ketones is 1. The summed E-state index contributed by atoms with van der Waals surface area (Å²) < 4.78 is 0. The molecule has 0 atom stereocenters. The predicted octanol–water partition coefficient (Wildman–Crippen LogP) is 1.77. The van der Waals surface area contributed by atoms with Crippen LogP contribution in [-0.2, 0) is 4.79 Å². The van der Waals surface area contributed by atoms with E-state index in [1.165, 1.54) is 6.92 Å². The average molecular weight is 234 g/mol. The van der Waals surface area contributed by atoms with Gasteiger partial charge in [0.2, 0.25) is 5.91 Å². The largest absolute Gasteiger partial charge is 0.341 e. The van der Waals surface area contributed by atoms with Gasteiger partial charge < -0.3 is 4.90 Å². The molecule has 17 heavy (non-hydrogen) atoms. The molecule has 0 saturated carbocycles. The lowest BCUT2D eigenvalue weighted by molar-refractivity contribution is -0.133. The molecular weight excluding hydrogens is 216 g/mol. The minimum atomic E-state index is -0.0434. The Hall–Kier alpha value is -1.71. The molecule has 1 aromatic heterocycles. The normalized spacial score (nSPS) is 14.4. The highest BCUT2D eigenvalue weighted by Gasteiger charge is 2.34. The van der Waals surface area contributed by atoms with E-state index in [1.807, 2.05) is 13.8 Å². The summed E-state index contributed by atoms with van der Waals surface area (Å²) in [7, 11) is 0. The molecular formula is C13H18N2O2. The molecule has 0 aromatic carbocycles. The summed E-state index contributed by atoms with van der Waals surface area (Å²) in [5.41, 5.74) is 0.630. The molecule has 2 rings (SSSR count). The lowest BCUT2D eigenvalue weighted by Gasteiger charge is -2.37. The summed E-state index contributed by atoms with van der Waals surface area (Å²) in [6.45, 7) is 6.61. The van der Waals surface area contributed by atoms with Crippen LogP contribution in [0.15, 0.2) is 24.5 Å². The van der Waals surface area contributed by atoms with Gasteiger partial charge in [-0.05, 0) is 12.1 Å². The van der Waals surface area contributed by atoms with E-state index in [1.54, 1.807) is 29.4 Å². The number of pyridine rings is 1. The number of carbonyl (C=O) groups excluding carboxylic acids is 2. The Morgan fingerprint density at radius 2 is 2.00 bits per heavy atom. The zero-order valence-corrected chi connectivity index (χ0v) is 10.5. The third-order valence-electron chi connectivity index (χ3n) is 2.64. The van der Waals surface area contributed by atoms with Crippen molar-refractivity contribution in [3.63, 3.8) is 0 Å². The molecule has 2 heterocycles. The van der Waals surface area contributed by atoms with Gasteiger partial charge in [0.15, 0.2) is 5.78 Å². The van der Waals surface area contributed by atoms with E-state index < -0.39 is 0 Å². The van der Waals surface area contributed by atoms with Crippen molar-refractivity contribution in [3.8, 4) is 0 Å². The monoisotopic (exact) mass is 234 g/mol. The van der Waals surface area contributed by atoms with Gasteiger partial charge in [0, 0.05) is 38.0 Å². The number of aromatic nitrogens is 1. The van der Waals surface area contributed by atoms with Crippen molar-refractivity contribution < 1.29 is 9.59 Å². The molecule has 1 aromatic rings. The second-order valence-electron chi connectivity index (χ2n) is 3.73. The van der Waals surface area contributed by atoms with E-state index in [9.17, 15) is 9.59 Å². The first-order chi connectivity index (χ1) is 8.18.